The lowest BCUT2D eigenvalue weighted by molar-refractivity contribution is 0.669. The zero-order chi connectivity index (χ0) is 14.2. The molecule has 0 fully saturated rings. The molecule has 0 aliphatic carbocycles. The molecular formula is C18H14N2O. The molecule has 3 heteroatoms. The van der Waals surface area contributed by atoms with E-state index < -0.39 is 0 Å². The van der Waals surface area contributed by atoms with Crippen molar-refractivity contribution in [3.8, 4) is 11.3 Å². The van der Waals surface area contributed by atoms with Crippen molar-refractivity contribution in [2.75, 3.05) is 0 Å². The number of pyridine rings is 2. The van der Waals surface area contributed by atoms with E-state index in [0.717, 1.165) is 39.6 Å². The Balaban J connectivity index is 2.04. The summed E-state index contributed by atoms with van der Waals surface area (Å²) in [6, 6.07) is 12.2. The van der Waals surface area contributed by atoms with Crippen molar-refractivity contribution in [2.45, 2.75) is 13.3 Å². The van der Waals surface area contributed by atoms with Crippen LogP contribution in [0.2, 0.25) is 0 Å². The summed E-state index contributed by atoms with van der Waals surface area (Å²) in [6.45, 7) is 2.14. The predicted molar refractivity (Wildman–Crippen MR) is 84.1 cm³/mol. The maximum absolute atomic E-state index is 6.03. The van der Waals surface area contributed by atoms with Crippen LogP contribution in [0, 0.1) is 0 Å². The average molecular weight is 274 g/mol. The van der Waals surface area contributed by atoms with Gasteiger partial charge in [-0.15, -0.1) is 0 Å². The first-order chi connectivity index (χ1) is 10.4. The fraction of sp³-hybridized carbons (Fsp3) is 0.111. The van der Waals surface area contributed by atoms with Crippen molar-refractivity contribution in [1.29, 1.82) is 0 Å². The molecule has 102 valence electrons. The van der Waals surface area contributed by atoms with Crippen LogP contribution in [0.15, 0.2) is 59.4 Å². The molecule has 0 aliphatic heterocycles. The molecule has 0 unspecified atom stereocenters. The minimum absolute atomic E-state index is 0.854. The van der Waals surface area contributed by atoms with E-state index in [0.29, 0.717) is 0 Å². The first-order valence-corrected chi connectivity index (χ1v) is 7.07. The number of rotatable bonds is 2. The van der Waals surface area contributed by atoms with Crippen LogP contribution >= 0.6 is 0 Å². The molecule has 3 heterocycles. The fourth-order valence-corrected chi connectivity index (χ4v) is 2.66. The normalized spacial score (nSPS) is 11.3. The van der Waals surface area contributed by atoms with Crippen LogP contribution in [0.5, 0.6) is 0 Å². The summed E-state index contributed by atoms with van der Waals surface area (Å²) < 4.78 is 6.03. The van der Waals surface area contributed by atoms with Crippen molar-refractivity contribution in [2.24, 2.45) is 0 Å². The zero-order valence-corrected chi connectivity index (χ0v) is 11.7. The Morgan fingerprint density at radius 3 is 2.86 bits per heavy atom. The number of aromatic nitrogens is 2. The van der Waals surface area contributed by atoms with Gasteiger partial charge in [0, 0.05) is 29.4 Å². The number of benzene rings is 1. The van der Waals surface area contributed by atoms with Gasteiger partial charge in [0.15, 0.2) is 0 Å². The Kier molecular flexibility index (Phi) is 2.71. The van der Waals surface area contributed by atoms with E-state index in [4.69, 9.17) is 4.42 Å². The van der Waals surface area contributed by atoms with E-state index in [-0.39, 0.29) is 0 Å². The van der Waals surface area contributed by atoms with E-state index in [9.17, 15) is 0 Å². The van der Waals surface area contributed by atoms with Gasteiger partial charge in [-0.05, 0) is 30.2 Å². The zero-order valence-electron chi connectivity index (χ0n) is 11.7. The number of hydrogen-bond acceptors (Lipinski definition) is 3. The Hall–Kier alpha value is -2.68. The molecule has 4 aromatic rings. The van der Waals surface area contributed by atoms with Gasteiger partial charge in [-0.2, -0.15) is 0 Å². The quantitative estimate of drug-likeness (QED) is 0.536. The first-order valence-electron chi connectivity index (χ1n) is 7.07. The maximum Gasteiger partial charge on any atom is 0.147 e. The number of fused-ring (bicyclic) bond motifs is 3. The van der Waals surface area contributed by atoms with Gasteiger partial charge in [0.25, 0.3) is 0 Å². The Morgan fingerprint density at radius 2 is 1.95 bits per heavy atom. The third kappa shape index (κ3) is 1.89. The van der Waals surface area contributed by atoms with Crippen LogP contribution in [0.25, 0.3) is 33.2 Å². The Labute approximate surface area is 122 Å². The van der Waals surface area contributed by atoms with Crippen LogP contribution in [0.1, 0.15) is 12.5 Å². The van der Waals surface area contributed by atoms with Gasteiger partial charge in [-0.1, -0.05) is 25.1 Å². The number of nitrogens with zero attached hydrogens (tertiary/aromatic N) is 2. The lowest BCUT2D eigenvalue weighted by atomic mass is 10.1. The van der Waals surface area contributed by atoms with Gasteiger partial charge in [0.1, 0.15) is 11.2 Å². The second-order valence-electron chi connectivity index (χ2n) is 5.06. The molecule has 3 nitrogen and oxygen atoms in total. The van der Waals surface area contributed by atoms with E-state index in [1.807, 2.05) is 42.9 Å². The molecule has 0 spiro atoms. The van der Waals surface area contributed by atoms with Crippen LogP contribution in [0.3, 0.4) is 0 Å². The predicted octanol–water partition coefficient (Wildman–Crippen LogP) is 4.61. The molecule has 0 bridgehead atoms. The summed E-state index contributed by atoms with van der Waals surface area (Å²) in [7, 11) is 0. The molecule has 4 rings (SSSR count). The monoisotopic (exact) mass is 274 g/mol. The number of hydrogen-bond donors (Lipinski definition) is 0. The van der Waals surface area contributed by atoms with Gasteiger partial charge < -0.3 is 4.42 Å². The molecule has 1 aromatic carbocycles. The highest BCUT2D eigenvalue weighted by Crippen LogP contribution is 2.34. The average Bonchev–Trinajstić information content (AvgIpc) is 2.93. The minimum Gasteiger partial charge on any atom is -0.455 e. The highest BCUT2D eigenvalue weighted by molar-refractivity contribution is 6.08. The third-order valence-electron chi connectivity index (χ3n) is 3.79. The summed E-state index contributed by atoms with van der Waals surface area (Å²) in [6.07, 6.45) is 6.51. The lowest BCUT2D eigenvalue weighted by Gasteiger charge is -2.03. The second-order valence-corrected chi connectivity index (χ2v) is 5.06. The summed E-state index contributed by atoms with van der Waals surface area (Å²) >= 11 is 0. The summed E-state index contributed by atoms with van der Waals surface area (Å²) in [5.41, 5.74) is 4.85. The van der Waals surface area contributed by atoms with E-state index >= 15 is 0 Å². The molecular weight excluding hydrogens is 260 g/mol. The smallest absolute Gasteiger partial charge is 0.147 e. The van der Waals surface area contributed by atoms with Gasteiger partial charge in [-0.25, -0.2) is 0 Å². The SMILES string of the molecule is CCc1ccnc(-c2cncc3c2oc2ccccc23)c1. The molecule has 0 saturated heterocycles. The summed E-state index contributed by atoms with van der Waals surface area (Å²) in [5.74, 6) is 0. The van der Waals surface area contributed by atoms with Gasteiger partial charge in [-0.3, -0.25) is 9.97 Å². The van der Waals surface area contributed by atoms with E-state index in [2.05, 4.69) is 29.0 Å². The molecule has 0 amide bonds. The topological polar surface area (TPSA) is 38.9 Å². The van der Waals surface area contributed by atoms with Crippen LogP contribution in [0.4, 0.5) is 0 Å². The van der Waals surface area contributed by atoms with Crippen molar-refractivity contribution in [1.82, 2.24) is 9.97 Å². The highest BCUT2D eigenvalue weighted by atomic mass is 16.3. The van der Waals surface area contributed by atoms with E-state index in [1.165, 1.54) is 5.56 Å². The van der Waals surface area contributed by atoms with Gasteiger partial charge >= 0.3 is 0 Å². The molecule has 0 N–H and O–H groups in total. The van der Waals surface area contributed by atoms with Crippen molar-refractivity contribution in [3.05, 3.63) is 60.6 Å². The first kappa shape index (κ1) is 12.1. The standard InChI is InChI=1S/C18H14N2O/c1-2-12-7-8-20-16(9-12)15-11-19-10-14-13-5-3-4-6-17(13)21-18(14)15/h3-11H,2H2,1H3. The molecule has 0 radical (unpaired) electrons. The number of para-hydroxylation sites is 1. The number of furan rings is 1. The van der Waals surface area contributed by atoms with Gasteiger partial charge in [0.05, 0.1) is 11.3 Å². The molecule has 0 aliphatic rings. The van der Waals surface area contributed by atoms with Crippen LogP contribution < -0.4 is 0 Å². The van der Waals surface area contributed by atoms with Crippen molar-refractivity contribution < 1.29 is 4.42 Å². The third-order valence-corrected chi connectivity index (χ3v) is 3.79. The maximum atomic E-state index is 6.03. The minimum atomic E-state index is 0.854. The largest absolute Gasteiger partial charge is 0.455 e. The lowest BCUT2D eigenvalue weighted by Crippen LogP contribution is -1.88. The van der Waals surface area contributed by atoms with Gasteiger partial charge in [0.2, 0.25) is 0 Å². The second kappa shape index (κ2) is 4.70. The Morgan fingerprint density at radius 1 is 1.05 bits per heavy atom. The number of aryl methyl sites for hydroxylation is 1. The summed E-state index contributed by atoms with van der Waals surface area (Å²) in [4.78, 5) is 8.84. The van der Waals surface area contributed by atoms with E-state index in [1.54, 1.807) is 0 Å². The van der Waals surface area contributed by atoms with Crippen LogP contribution in [-0.2, 0) is 6.42 Å². The van der Waals surface area contributed by atoms with Crippen molar-refractivity contribution >= 4 is 21.9 Å². The highest BCUT2D eigenvalue weighted by Gasteiger charge is 2.13. The summed E-state index contributed by atoms with van der Waals surface area (Å²) in [5, 5.41) is 2.13. The molecule has 0 atom stereocenters. The Bertz CT molecular complexity index is 940. The molecule has 0 saturated carbocycles. The molecule has 21 heavy (non-hydrogen) atoms. The van der Waals surface area contributed by atoms with Crippen molar-refractivity contribution in [3.63, 3.8) is 0 Å². The van der Waals surface area contributed by atoms with Crippen LogP contribution in [-0.4, -0.2) is 9.97 Å². The molecule has 3 aromatic heterocycles. The fourth-order valence-electron chi connectivity index (χ4n) is 2.66.